The van der Waals surface area contributed by atoms with Gasteiger partial charge in [-0.25, -0.2) is 0 Å². The van der Waals surface area contributed by atoms with Crippen molar-refractivity contribution in [2.75, 3.05) is 0 Å². The molecule has 276 valence electrons. The van der Waals surface area contributed by atoms with E-state index in [0.717, 1.165) is 42.4 Å². The van der Waals surface area contributed by atoms with Gasteiger partial charge < -0.3 is 15.9 Å². The van der Waals surface area contributed by atoms with Gasteiger partial charge in [0, 0.05) is 23.8 Å². The summed E-state index contributed by atoms with van der Waals surface area (Å²) in [5.74, 6) is -3.62. The predicted octanol–water partition coefficient (Wildman–Crippen LogP) is 8.65. The molecule has 0 unspecified atom stereocenters. The zero-order valence-electron chi connectivity index (χ0n) is 32.0. The Morgan fingerprint density at radius 1 is 0.755 bits per heavy atom. The van der Waals surface area contributed by atoms with Crippen molar-refractivity contribution in [2.45, 2.75) is 145 Å². The van der Waals surface area contributed by atoms with Crippen LogP contribution >= 0.6 is 0 Å². The maximum absolute atomic E-state index is 13.0. The van der Waals surface area contributed by atoms with E-state index in [1.807, 2.05) is 53.7 Å². The van der Waals surface area contributed by atoms with E-state index in [9.17, 15) is 29.4 Å². The number of carbonyl (C=O) groups is 4. The molecule has 0 heterocycles. The highest BCUT2D eigenvalue weighted by Gasteiger charge is 2.36. The SMILES string of the molecule is CC/C=C(C)/C=C/C(=O)[C@@H](C)[C@@H](O)[C@@H](C)[C@H](C/C(C)=C/C=C/C(=O)C(=O)CCCCCCCCCC)[C@@H](O)[C@@H](C)/C=C(C)/C=C(\C)C(N)=O. The van der Waals surface area contributed by atoms with Crippen LogP contribution in [0.5, 0.6) is 0 Å². The normalized spacial score (nSPS) is 17.2. The van der Waals surface area contributed by atoms with Crippen molar-refractivity contribution in [3.63, 3.8) is 0 Å². The Hall–Kier alpha value is -3.16. The van der Waals surface area contributed by atoms with Crippen molar-refractivity contribution >= 4 is 23.3 Å². The standard InChI is InChI=1S/C42H67NO6/c1-10-12-13-14-15-16-17-18-22-38(45)39(46)23-19-21-30(4)28-36(40(47)32(6)26-31(5)27-33(7)42(43)49)34(8)41(48)35(9)37(44)25-24-29(3)20-11-2/h19-21,23-27,32,34-36,40-41,47-48H,10-18,22,28H2,1-9H3,(H2,43,49)/b23-19+,25-24+,29-20+,30-21+,31-26+,33-27+/t32-,34-,35+,36-,40-,41-/m0/s1. The Morgan fingerprint density at radius 3 is 1.92 bits per heavy atom. The van der Waals surface area contributed by atoms with Gasteiger partial charge in [-0.05, 0) is 70.9 Å². The summed E-state index contributed by atoms with van der Waals surface area (Å²) < 4.78 is 0. The number of aliphatic hydroxyl groups excluding tert-OH is 2. The molecule has 4 N–H and O–H groups in total. The van der Waals surface area contributed by atoms with E-state index in [2.05, 4.69) is 6.92 Å². The zero-order chi connectivity index (χ0) is 37.5. The first-order valence-electron chi connectivity index (χ1n) is 18.4. The number of ketones is 3. The Morgan fingerprint density at radius 2 is 1.35 bits per heavy atom. The minimum Gasteiger partial charge on any atom is -0.392 e. The maximum Gasteiger partial charge on any atom is 0.244 e. The highest BCUT2D eigenvalue weighted by Crippen LogP contribution is 2.33. The lowest BCUT2D eigenvalue weighted by Gasteiger charge is -2.36. The molecule has 7 nitrogen and oxygen atoms in total. The Bertz CT molecular complexity index is 1230. The van der Waals surface area contributed by atoms with E-state index in [-0.39, 0.29) is 23.9 Å². The Kier molecular flexibility index (Phi) is 24.1. The molecule has 0 radical (unpaired) electrons. The average molecular weight is 682 g/mol. The van der Waals surface area contributed by atoms with Gasteiger partial charge in [-0.1, -0.05) is 133 Å². The number of unbranched alkanes of at least 4 members (excludes halogenated alkanes) is 7. The molecular weight excluding hydrogens is 614 g/mol. The lowest BCUT2D eigenvalue weighted by atomic mass is 9.73. The number of nitrogens with two attached hydrogens (primary N) is 1. The molecule has 0 aliphatic heterocycles. The van der Waals surface area contributed by atoms with Gasteiger partial charge in [0.05, 0.1) is 12.2 Å². The smallest absolute Gasteiger partial charge is 0.244 e. The van der Waals surface area contributed by atoms with Crippen molar-refractivity contribution in [1.29, 1.82) is 0 Å². The molecule has 0 aromatic heterocycles. The molecule has 6 atom stereocenters. The third kappa shape index (κ3) is 19.6. The molecule has 0 aromatic rings. The molecule has 7 heteroatoms. The first kappa shape index (κ1) is 45.8. The van der Waals surface area contributed by atoms with Gasteiger partial charge in [0.1, 0.15) is 0 Å². The second kappa shape index (κ2) is 25.8. The number of hydrogen-bond acceptors (Lipinski definition) is 6. The van der Waals surface area contributed by atoms with E-state index >= 15 is 0 Å². The van der Waals surface area contributed by atoms with Gasteiger partial charge in [-0.2, -0.15) is 0 Å². The molecular formula is C42H67NO6. The summed E-state index contributed by atoms with van der Waals surface area (Å²) in [5.41, 5.74) is 8.37. The van der Waals surface area contributed by atoms with Crippen LogP contribution in [0.4, 0.5) is 0 Å². The van der Waals surface area contributed by atoms with Crippen LogP contribution in [0.15, 0.2) is 70.9 Å². The molecule has 0 aliphatic carbocycles. The first-order valence-corrected chi connectivity index (χ1v) is 18.4. The molecule has 0 bridgehead atoms. The molecule has 1 amide bonds. The third-order valence-electron chi connectivity index (χ3n) is 9.27. The largest absolute Gasteiger partial charge is 0.392 e. The zero-order valence-corrected chi connectivity index (χ0v) is 32.0. The second-order valence-corrected chi connectivity index (χ2v) is 13.9. The van der Waals surface area contributed by atoms with Crippen LogP contribution in [-0.4, -0.2) is 45.7 Å². The topological polar surface area (TPSA) is 135 Å². The average Bonchev–Trinajstić information content (AvgIpc) is 3.05. The first-order chi connectivity index (χ1) is 23.1. The molecule has 49 heavy (non-hydrogen) atoms. The number of Topliss-reactive ketones (excluding diaryl/α,β-unsaturated/α-hetero) is 1. The fraction of sp³-hybridized carbons (Fsp3) is 0.619. The van der Waals surface area contributed by atoms with Crippen molar-refractivity contribution in [3.8, 4) is 0 Å². The van der Waals surface area contributed by atoms with E-state index in [1.54, 1.807) is 38.2 Å². The highest BCUT2D eigenvalue weighted by molar-refractivity contribution is 6.41. The molecule has 0 saturated heterocycles. The summed E-state index contributed by atoms with van der Waals surface area (Å²) in [6.07, 6.45) is 21.9. The van der Waals surface area contributed by atoms with E-state index < -0.39 is 41.7 Å². The van der Waals surface area contributed by atoms with E-state index in [1.165, 1.54) is 44.3 Å². The van der Waals surface area contributed by atoms with Crippen LogP contribution < -0.4 is 5.73 Å². The fourth-order valence-electron chi connectivity index (χ4n) is 5.99. The van der Waals surface area contributed by atoms with Crippen LogP contribution in [0.25, 0.3) is 0 Å². The summed E-state index contributed by atoms with van der Waals surface area (Å²) in [7, 11) is 0. The number of allylic oxidation sites excluding steroid dienone is 10. The van der Waals surface area contributed by atoms with Crippen molar-refractivity contribution < 1.29 is 29.4 Å². The summed E-state index contributed by atoms with van der Waals surface area (Å²) in [6.45, 7) is 16.9. The minimum atomic E-state index is -1.03. The summed E-state index contributed by atoms with van der Waals surface area (Å²) in [5, 5.41) is 23.0. The second-order valence-electron chi connectivity index (χ2n) is 13.9. The van der Waals surface area contributed by atoms with Crippen molar-refractivity contribution in [3.05, 3.63) is 70.9 Å². The van der Waals surface area contributed by atoms with Gasteiger partial charge in [-0.3, -0.25) is 19.2 Å². The number of carbonyl (C=O) groups excluding carboxylic acids is 4. The van der Waals surface area contributed by atoms with Crippen LogP contribution in [-0.2, 0) is 19.2 Å². The number of aliphatic hydroxyl groups is 2. The Labute approximate surface area is 297 Å². The van der Waals surface area contributed by atoms with E-state index in [4.69, 9.17) is 5.73 Å². The monoisotopic (exact) mass is 681 g/mol. The number of rotatable bonds is 26. The van der Waals surface area contributed by atoms with E-state index in [0.29, 0.717) is 12.0 Å². The summed E-state index contributed by atoms with van der Waals surface area (Å²) in [6, 6.07) is 0. The molecule has 0 rings (SSSR count). The molecule has 0 spiro atoms. The molecule has 0 aromatic carbocycles. The van der Waals surface area contributed by atoms with Gasteiger partial charge >= 0.3 is 0 Å². The number of hydrogen-bond donors (Lipinski definition) is 3. The van der Waals surface area contributed by atoms with Gasteiger partial charge in [0.2, 0.25) is 17.5 Å². The lowest BCUT2D eigenvalue weighted by Crippen LogP contribution is -2.41. The van der Waals surface area contributed by atoms with Crippen LogP contribution in [0.2, 0.25) is 0 Å². The van der Waals surface area contributed by atoms with Crippen LogP contribution in [0.1, 0.15) is 133 Å². The third-order valence-corrected chi connectivity index (χ3v) is 9.27. The predicted molar refractivity (Wildman–Crippen MR) is 203 cm³/mol. The summed E-state index contributed by atoms with van der Waals surface area (Å²) in [4.78, 5) is 49.3. The highest BCUT2D eigenvalue weighted by atomic mass is 16.3. The van der Waals surface area contributed by atoms with Crippen molar-refractivity contribution in [1.82, 2.24) is 0 Å². The lowest BCUT2D eigenvalue weighted by molar-refractivity contribution is -0.133. The van der Waals surface area contributed by atoms with Crippen molar-refractivity contribution in [2.24, 2.45) is 29.4 Å². The number of amides is 1. The fourth-order valence-corrected chi connectivity index (χ4v) is 5.99. The maximum atomic E-state index is 13.0. The van der Waals surface area contributed by atoms with Crippen LogP contribution in [0, 0.1) is 23.7 Å². The minimum absolute atomic E-state index is 0.197. The van der Waals surface area contributed by atoms with Crippen LogP contribution in [0.3, 0.4) is 0 Å². The van der Waals surface area contributed by atoms with Gasteiger partial charge in [0.25, 0.3) is 0 Å². The van der Waals surface area contributed by atoms with Gasteiger partial charge in [0.15, 0.2) is 5.78 Å². The quantitative estimate of drug-likeness (QED) is 0.0362. The molecule has 0 saturated carbocycles. The van der Waals surface area contributed by atoms with Gasteiger partial charge in [-0.15, -0.1) is 0 Å². The Balaban J connectivity index is 5.84. The molecule has 0 fully saturated rings. The molecule has 0 aliphatic rings. The number of primary amides is 1. The summed E-state index contributed by atoms with van der Waals surface area (Å²) >= 11 is 0.